The number of carboxylic acid groups (broad SMARTS) is 1. The highest BCUT2D eigenvalue weighted by molar-refractivity contribution is 6.07. The van der Waals surface area contributed by atoms with Gasteiger partial charge in [-0.2, -0.15) is 0 Å². The summed E-state index contributed by atoms with van der Waals surface area (Å²) in [6.07, 6.45) is 2.49. The van der Waals surface area contributed by atoms with Crippen molar-refractivity contribution < 1.29 is 19.2 Å². The largest absolute Gasteiger partial charge is 0.480 e. The Balaban J connectivity index is 2.02. The van der Waals surface area contributed by atoms with Crippen molar-refractivity contribution in [1.82, 2.24) is 15.5 Å². The fourth-order valence-electron chi connectivity index (χ4n) is 3.05. The van der Waals surface area contributed by atoms with E-state index in [1.54, 1.807) is 19.9 Å². The molecule has 2 heterocycles. The van der Waals surface area contributed by atoms with Crippen LogP contribution in [0.2, 0.25) is 0 Å². The Hall–Kier alpha value is -2.44. The molecule has 1 saturated carbocycles. The Morgan fingerprint density at radius 2 is 2.00 bits per heavy atom. The fourth-order valence-corrected chi connectivity index (χ4v) is 3.05. The molecular formula is C15H17N3O4. The Morgan fingerprint density at radius 3 is 2.64 bits per heavy atom. The van der Waals surface area contributed by atoms with Gasteiger partial charge in [0, 0.05) is 5.69 Å². The molecule has 3 rings (SSSR count). The monoisotopic (exact) mass is 303 g/mol. The predicted molar refractivity (Wildman–Crippen MR) is 77.6 cm³/mol. The Kier molecular flexibility index (Phi) is 3.35. The summed E-state index contributed by atoms with van der Waals surface area (Å²) >= 11 is 0. The van der Waals surface area contributed by atoms with Crippen molar-refractivity contribution in [2.45, 2.75) is 45.1 Å². The zero-order valence-corrected chi connectivity index (χ0v) is 12.5. The number of aromatic nitrogens is 2. The van der Waals surface area contributed by atoms with Gasteiger partial charge < -0.3 is 14.9 Å². The van der Waals surface area contributed by atoms with Crippen LogP contribution in [-0.4, -0.2) is 32.7 Å². The summed E-state index contributed by atoms with van der Waals surface area (Å²) in [5.41, 5.74) is 0.645. The number of carboxylic acids is 1. The van der Waals surface area contributed by atoms with E-state index in [1.165, 1.54) is 0 Å². The molecule has 0 aliphatic heterocycles. The average molecular weight is 303 g/mol. The van der Waals surface area contributed by atoms with Gasteiger partial charge in [0.2, 0.25) is 0 Å². The van der Waals surface area contributed by atoms with Crippen LogP contribution in [0.25, 0.3) is 11.1 Å². The highest BCUT2D eigenvalue weighted by atomic mass is 16.5. The van der Waals surface area contributed by atoms with Crippen molar-refractivity contribution in [2.75, 3.05) is 0 Å². The van der Waals surface area contributed by atoms with Crippen molar-refractivity contribution in [1.29, 1.82) is 0 Å². The van der Waals surface area contributed by atoms with Crippen LogP contribution >= 0.6 is 0 Å². The van der Waals surface area contributed by atoms with Gasteiger partial charge in [0.05, 0.1) is 16.6 Å². The first-order chi connectivity index (χ1) is 10.4. The second-order valence-corrected chi connectivity index (χ2v) is 5.81. The topological polar surface area (TPSA) is 105 Å². The lowest BCUT2D eigenvalue weighted by molar-refractivity contribution is -0.144. The molecule has 0 bridgehead atoms. The number of nitrogens with one attached hydrogen (secondary N) is 1. The van der Waals surface area contributed by atoms with E-state index in [-0.39, 0.29) is 0 Å². The van der Waals surface area contributed by atoms with Crippen LogP contribution in [0.15, 0.2) is 10.6 Å². The molecule has 2 aromatic heterocycles. The molecule has 1 fully saturated rings. The first kappa shape index (κ1) is 14.5. The molecule has 0 spiro atoms. The van der Waals surface area contributed by atoms with Crippen LogP contribution < -0.4 is 5.32 Å². The van der Waals surface area contributed by atoms with E-state index in [0.717, 1.165) is 12.8 Å². The minimum absolute atomic E-state index is 0.290. The number of amides is 1. The zero-order chi connectivity index (χ0) is 15.9. The van der Waals surface area contributed by atoms with Crippen molar-refractivity contribution in [3.63, 3.8) is 0 Å². The summed E-state index contributed by atoms with van der Waals surface area (Å²) in [6, 6.07) is 1.63. The van der Waals surface area contributed by atoms with E-state index in [4.69, 9.17) is 4.52 Å². The van der Waals surface area contributed by atoms with Gasteiger partial charge in [0.15, 0.2) is 0 Å². The highest BCUT2D eigenvalue weighted by Gasteiger charge is 2.43. The third-order valence-corrected chi connectivity index (χ3v) is 4.21. The average Bonchev–Trinajstić information content (AvgIpc) is 3.06. The van der Waals surface area contributed by atoms with Gasteiger partial charge in [-0.05, 0) is 32.8 Å². The minimum atomic E-state index is -1.17. The number of carbonyl (C=O) groups is 2. The van der Waals surface area contributed by atoms with Gasteiger partial charge in [-0.1, -0.05) is 18.0 Å². The van der Waals surface area contributed by atoms with Gasteiger partial charge in [0.25, 0.3) is 11.6 Å². The summed E-state index contributed by atoms with van der Waals surface area (Å²) in [7, 11) is 0. The molecule has 1 amide bonds. The summed E-state index contributed by atoms with van der Waals surface area (Å²) in [5, 5.41) is 16.6. The molecule has 116 valence electrons. The lowest BCUT2D eigenvalue weighted by atomic mass is 9.96. The third kappa shape index (κ3) is 2.22. The molecule has 0 atom stereocenters. The number of hydrogen-bond acceptors (Lipinski definition) is 5. The molecule has 0 unspecified atom stereocenters. The quantitative estimate of drug-likeness (QED) is 0.898. The van der Waals surface area contributed by atoms with Gasteiger partial charge >= 0.3 is 5.97 Å². The fraction of sp³-hybridized carbons (Fsp3) is 0.467. The molecular weight excluding hydrogens is 286 g/mol. The van der Waals surface area contributed by atoms with Crippen molar-refractivity contribution >= 4 is 23.0 Å². The number of hydrogen-bond donors (Lipinski definition) is 2. The lowest BCUT2D eigenvalue weighted by Gasteiger charge is -2.25. The molecule has 0 radical (unpaired) electrons. The van der Waals surface area contributed by atoms with Crippen LogP contribution in [0.5, 0.6) is 0 Å². The second kappa shape index (κ2) is 5.08. The van der Waals surface area contributed by atoms with Crippen LogP contribution in [0, 0.1) is 13.8 Å². The van der Waals surface area contributed by atoms with Crippen molar-refractivity contribution in [3.8, 4) is 0 Å². The van der Waals surface area contributed by atoms with Crippen LogP contribution in [-0.2, 0) is 4.79 Å². The number of pyridine rings is 1. The Bertz CT molecular complexity index is 759. The molecule has 2 N–H and O–H groups in total. The molecule has 1 aliphatic carbocycles. The van der Waals surface area contributed by atoms with Crippen molar-refractivity contribution in [3.05, 3.63) is 23.0 Å². The molecule has 7 heteroatoms. The molecule has 0 saturated heterocycles. The van der Waals surface area contributed by atoms with E-state index in [2.05, 4.69) is 15.5 Å². The number of rotatable bonds is 3. The highest BCUT2D eigenvalue weighted by Crippen LogP contribution is 2.31. The Labute approximate surface area is 126 Å². The van der Waals surface area contributed by atoms with E-state index < -0.39 is 17.4 Å². The standard InChI is InChI=1S/C15H17N3O4/c1-8-7-10(11-9(2)18-22-13(11)16-8)12(19)17-15(14(20)21)5-3-4-6-15/h7H,3-6H2,1-2H3,(H,17,19)(H,20,21). The Morgan fingerprint density at radius 1 is 1.32 bits per heavy atom. The van der Waals surface area contributed by atoms with Gasteiger partial charge in [-0.15, -0.1) is 0 Å². The number of aliphatic carboxylic acids is 1. The SMILES string of the molecule is Cc1cc(C(=O)NC2(C(=O)O)CCCC2)c2c(C)noc2n1. The molecule has 0 aromatic carbocycles. The molecule has 1 aliphatic rings. The van der Waals surface area contributed by atoms with Crippen molar-refractivity contribution in [2.24, 2.45) is 0 Å². The maximum atomic E-state index is 12.7. The summed E-state index contributed by atoms with van der Waals surface area (Å²) in [4.78, 5) is 28.4. The summed E-state index contributed by atoms with van der Waals surface area (Å²) in [5.74, 6) is -1.41. The van der Waals surface area contributed by atoms with E-state index in [1.807, 2.05) is 0 Å². The smallest absolute Gasteiger partial charge is 0.329 e. The lowest BCUT2D eigenvalue weighted by Crippen LogP contribution is -2.52. The number of aryl methyl sites for hydroxylation is 2. The third-order valence-electron chi connectivity index (χ3n) is 4.21. The van der Waals surface area contributed by atoms with Gasteiger partial charge in [-0.3, -0.25) is 4.79 Å². The number of nitrogens with zero attached hydrogens (tertiary/aromatic N) is 2. The van der Waals surface area contributed by atoms with Gasteiger partial charge in [-0.25, -0.2) is 9.78 Å². The minimum Gasteiger partial charge on any atom is -0.480 e. The van der Waals surface area contributed by atoms with Crippen LogP contribution in [0.4, 0.5) is 0 Å². The maximum Gasteiger partial charge on any atom is 0.329 e. The first-order valence-corrected chi connectivity index (χ1v) is 7.22. The van der Waals surface area contributed by atoms with Crippen LogP contribution in [0.3, 0.4) is 0 Å². The zero-order valence-electron chi connectivity index (χ0n) is 12.5. The van der Waals surface area contributed by atoms with E-state index in [0.29, 0.717) is 40.9 Å². The number of carbonyl (C=O) groups excluding carboxylic acids is 1. The molecule has 22 heavy (non-hydrogen) atoms. The molecule has 7 nitrogen and oxygen atoms in total. The normalized spacial score (nSPS) is 16.8. The maximum absolute atomic E-state index is 12.7. The summed E-state index contributed by atoms with van der Waals surface area (Å²) < 4.78 is 5.11. The number of fused-ring (bicyclic) bond motifs is 1. The summed E-state index contributed by atoms with van der Waals surface area (Å²) in [6.45, 7) is 3.47. The first-order valence-electron chi connectivity index (χ1n) is 7.22. The van der Waals surface area contributed by atoms with Gasteiger partial charge in [0.1, 0.15) is 5.54 Å². The van der Waals surface area contributed by atoms with Crippen LogP contribution in [0.1, 0.15) is 47.4 Å². The predicted octanol–water partition coefficient (Wildman–Crippen LogP) is 1.97. The second-order valence-electron chi connectivity index (χ2n) is 5.81. The van der Waals surface area contributed by atoms with E-state index in [9.17, 15) is 14.7 Å². The van der Waals surface area contributed by atoms with E-state index >= 15 is 0 Å². The molecule has 2 aromatic rings.